The summed E-state index contributed by atoms with van der Waals surface area (Å²) in [6.07, 6.45) is 0.214. The van der Waals surface area contributed by atoms with E-state index in [1.54, 1.807) is 20.3 Å². The number of amides is 1. The van der Waals surface area contributed by atoms with E-state index in [1.165, 1.54) is 22.7 Å². The Morgan fingerprint density at radius 1 is 1.14 bits per heavy atom. The maximum absolute atomic E-state index is 12.6. The van der Waals surface area contributed by atoms with Crippen LogP contribution >= 0.6 is 34.3 Å². The van der Waals surface area contributed by atoms with Crippen molar-refractivity contribution in [2.75, 3.05) is 27.4 Å². The van der Waals surface area contributed by atoms with E-state index in [4.69, 9.17) is 25.8 Å². The Hall–Kier alpha value is -1.87. The van der Waals surface area contributed by atoms with Gasteiger partial charge in [-0.2, -0.15) is 4.99 Å². The van der Waals surface area contributed by atoms with Crippen LogP contribution in [0, 0.1) is 0 Å². The summed E-state index contributed by atoms with van der Waals surface area (Å²) in [6.45, 7) is 3.62. The quantitative estimate of drug-likeness (QED) is 0.494. The SMILES string of the molecule is CCOCCn1c(=NC(=O)Cc2ccc(Cl)s2)sc2c(OC)ccc(OC)c21. The Bertz CT molecular complexity index is 1040. The number of halogens is 1. The molecule has 0 bridgehead atoms. The average molecular weight is 441 g/mol. The molecule has 150 valence electrons. The molecule has 2 heterocycles. The lowest BCUT2D eigenvalue weighted by Gasteiger charge is -2.10. The zero-order valence-electron chi connectivity index (χ0n) is 15.9. The largest absolute Gasteiger partial charge is 0.495 e. The predicted molar refractivity (Wildman–Crippen MR) is 113 cm³/mol. The van der Waals surface area contributed by atoms with Gasteiger partial charge in [-0.15, -0.1) is 11.3 Å². The molecule has 2 aromatic heterocycles. The first-order valence-corrected chi connectivity index (χ1v) is 10.7. The lowest BCUT2D eigenvalue weighted by Crippen LogP contribution is -2.20. The van der Waals surface area contributed by atoms with E-state index in [9.17, 15) is 4.79 Å². The highest BCUT2D eigenvalue weighted by molar-refractivity contribution is 7.17. The van der Waals surface area contributed by atoms with Crippen LogP contribution in [0.25, 0.3) is 10.2 Å². The molecule has 0 saturated heterocycles. The highest BCUT2D eigenvalue weighted by Gasteiger charge is 2.16. The number of hydrogen-bond donors (Lipinski definition) is 0. The number of ether oxygens (including phenoxy) is 3. The van der Waals surface area contributed by atoms with Gasteiger partial charge in [0.05, 0.1) is 31.6 Å². The molecular weight excluding hydrogens is 420 g/mol. The molecule has 0 spiro atoms. The summed E-state index contributed by atoms with van der Waals surface area (Å²) in [7, 11) is 3.24. The first-order chi connectivity index (χ1) is 13.6. The summed E-state index contributed by atoms with van der Waals surface area (Å²) in [5, 5.41) is 0. The number of benzene rings is 1. The number of nitrogens with zero attached hydrogens (tertiary/aromatic N) is 2. The smallest absolute Gasteiger partial charge is 0.253 e. The van der Waals surface area contributed by atoms with Gasteiger partial charge in [0.15, 0.2) is 4.80 Å². The van der Waals surface area contributed by atoms with Crippen LogP contribution in [-0.4, -0.2) is 37.9 Å². The van der Waals surface area contributed by atoms with Crippen molar-refractivity contribution in [1.29, 1.82) is 0 Å². The van der Waals surface area contributed by atoms with Gasteiger partial charge in [0.2, 0.25) is 0 Å². The zero-order chi connectivity index (χ0) is 20.1. The molecule has 3 aromatic rings. The standard InChI is InChI=1S/C19H21ClN2O4S2/c1-4-26-10-9-22-17-13(24-2)6-7-14(25-3)18(17)28-19(22)21-16(23)11-12-5-8-15(20)27-12/h5-8H,4,9-11H2,1-3H3. The Morgan fingerprint density at radius 2 is 1.89 bits per heavy atom. The number of carbonyl (C=O) groups is 1. The van der Waals surface area contributed by atoms with E-state index in [2.05, 4.69) is 4.99 Å². The van der Waals surface area contributed by atoms with Crippen LogP contribution < -0.4 is 14.3 Å². The third-order valence-corrected chi connectivity index (χ3v) is 6.35. The highest BCUT2D eigenvalue weighted by Crippen LogP contribution is 2.35. The van der Waals surface area contributed by atoms with Crippen LogP contribution in [0.5, 0.6) is 11.5 Å². The number of rotatable bonds is 8. The Balaban J connectivity index is 2.08. The van der Waals surface area contributed by atoms with Crippen molar-refractivity contribution in [3.05, 3.63) is 38.3 Å². The molecule has 9 heteroatoms. The number of thiophene rings is 1. The van der Waals surface area contributed by atoms with Crippen LogP contribution in [0.3, 0.4) is 0 Å². The lowest BCUT2D eigenvalue weighted by atomic mass is 10.3. The van der Waals surface area contributed by atoms with Crippen LogP contribution in [0.15, 0.2) is 29.3 Å². The van der Waals surface area contributed by atoms with Gasteiger partial charge >= 0.3 is 0 Å². The Kier molecular flexibility index (Phi) is 7.12. The van der Waals surface area contributed by atoms with Gasteiger partial charge in [0, 0.05) is 18.0 Å². The van der Waals surface area contributed by atoms with Crippen LogP contribution in [0.2, 0.25) is 4.34 Å². The fourth-order valence-corrected chi connectivity index (χ4v) is 5.05. The summed E-state index contributed by atoms with van der Waals surface area (Å²) in [5.41, 5.74) is 0.845. The van der Waals surface area contributed by atoms with Crippen molar-refractivity contribution in [3.63, 3.8) is 0 Å². The van der Waals surface area contributed by atoms with E-state index < -0.39 is 0 Å². The van der Waals surface area contributed by atoms with E-state index in [-0.39, 0.29) is 12.3 Å². The fourth-order valence-electron chi connectivity index (χ4n) is 2.79. The van der Waals surface area contributed by atoms with Crippen LogP contribution in [0.4, 0.5) is 0 Å². The van der Waals surface area contributed by atoms with Gasteiger partial charge in [0.1, 0.15) is 21.7 Å². The normalized spacial score (nSPS) is 11.9. The second kappa shape index (κ2) is 9.56. The lowest BCUT2D eigenvalue weighted by molar-refractivity contribution is -0.117. The highest BCUT2D eigenvalue weighted by atomic mass is 35.5. The van der Waals surface area contributed by atoms with Gasteiger partial charge in [-0.05, 0) is 31.2 Å². The molecule has 0 atom stereocenters. The summed E-state index contributed by atoms with van der Waals surface area (Å²) in [4.78, 5) is 18.4. The minimum Gasteiger partial charge on any atom is -0.495 e. The topological polar surface area (TPSA) is 62.1 Å². The van der Waals surface area contributed by atoms with Crippen molar-refractivity contribution >= 4 is 50.4 Å². The van der Waals surface area contributed by atoms with Crippen molar-refractivity contribution in [2.45, 2.75) is 19.9 Å². The molecule has 0 unspecified atom stereocenters. The molecule has 6 nitrogen and oxygen atoms in total. The summed E-state index contributed by atoms with van der Waals surface area (Å²) in [5.74, 6) is 1.18. The third-order valence-electron chi connectivity index (χ3n) is 4.03. The molecule has 0 saturated carbocycles. The van der Waals surface area contributed by atoms with Crippen molar-refractivity contribution < 1.29 is 19.0 Å². The van der Waals surface area contributed by atoms with Crippen molar-refractivity contribution in [1.82, 2.24) is 4.57 Å². The minimum absolute atomic E-state index is 0.214. The van der Waals surface area contributed by atoms with E-state index in [0.717, 1.165) is 15.1 Å². The molecular formula is C19H21ClN2O4S2. The Morgan fingerprint density at radius 3 is 2.54 bits per heavy atom. The average Bonchev–Trinajstić information content (AvgIpc) is 3.24. The molecule has 1 amide bonds. The number of methoxy groups -OCH3 is 2. The van der Waals surface area contributed by atoms with E-state index in [0.29, 0.717) is 40.4 Å². The first kappa shape index (κ1) is 20.9. The predicted octanol–water partition coefficient (Wildman–Crippen LogP) is 4.14. The molecule has 0 aliphatic heterocycles. The number of thiazole rings is 1. The molecule has 0 aliphatic carbocycles. The van der Waals surface area contributed by atoms with Crippen LogP contribution in [0.1, 0.15) is 11.8 Å². The second-order valence-corrected chi connectivity index (χ2v) is 8.55. The molecule has 1 aromatic carbocycles. The molecule has 0 radical (unpaired) electrons. The van der Waals surface area contributed by atoms with Crippen LogP contribution in [-0.2, 0) is 22.5 Å². The fraction of sp³-hybridized carbons (Fsp3) is 0.368. The summed E-state index contributed by atoms with van der Waals surface area (Å²) in [6, 6.07) is 7.33. The second-order valence-electron chi connectivity index (χ2n) is 5.77. The van der Waals surface area contributed by atoms with Gasteiger partial charge in [-0.3, -0.25) is 4.79 Å². The Labute approximate surface area is 176 Å². The van der Waals surface area contributed by atoms with Gasteiger partial charge < -0.3 is 18.8 Å². The van der Waals surface area contributed by atoms with Crippen molar-refractivity contribution in [3.8, 4) is 11.5 Å². The van der Waals surface area contributed by atoms with Gasteiger partial charge in [-0.25, -0.2) is 0 Å². The molecule has 3 rings (SSSR count). The maximum atomic E-state index is 12.6. The molecule has 28 heavy (non-hydrogen) atoms. The number of hydrogen-bond acceptors (Lipinski definition) is 6. The third kappa shape index (κ3) is 4.57. The number of fused-ring (bicyclic) bond motifs is 1. The van der Waals surface area contributed by atoms with E-state index >= 15 is 0 Å². The number of aromatic nitrogens is 1. The number of carbonyl (C=O) groups excluding carboxylic acids is 1. The molecule has 0 N–H and O–H groups in total. The van der Waals surface area contributed by atoms with Gasteiger partial charge in [0.25, 0.3) is 5.91 Å². The van der Waals surface area contributed by atoms with Gasteiger partial charge in [-0.1, -0.05) is 22.9 Å². The van der Waals surface area contributed by atoms with E-state index in [1.807, 2.05) is 29.7 Å². The molecule has 0 aliphatic rings. The monoisotopic (exact) mass is 440 g/mol. The zero-order valence-corrected chi connectivity index (χ0v) is 18.2. The first-order valence-electron chi connectivity index (χ1n) is 8.71. The van der Waals surface area contributed by atoms with Crippen molar-refractivity contribution in [2.24, 2.45) is 4.99 Å². The molecule has 0 fully saturated rings. The minimum atomic E-state index is -0.229. The summed E-state index contributed by atoms with van der Waals surface area (Å²) < 4.78 is 20.0. The maximum Gasteiger partial charge on any atom is 0.253 e. The summed E-state index contributed by atoms with van der Waals surface area (Å²) >= 11 is 8.74.